The zero-order valence-corrected chi connectivity index (χ0v) is 12.3. The third-order valence-corrected chi connectivity index (χ3v) is 3.30. The maximum absolute atomic E-state index is 12.7. The second kappa shape index (κ2) is 6.76. The summed E-state index contributed by atoms with van der Waals surface area (Å²) in [5.41, 5.74) is 5.03. The molecule has 1 atom stereocenters. The van der Waals surface area contributed by atoms with Gasteiger partial charge < -0.3 is 10.6 Å². The predicted octanol–water partition coefficient (Wildman–Crippen LogP) is 2.78. The van der Waals surface area contributed by atoms with Crippen LogP contribution in [0.1, 0.15) is 31.5 Å². The molecular weight excluding hydrogens is 281 g/mol. The van der Waals surface area contributed by atoms with Crippen LogP contribution in [0.25, 0.3) is 0 Å². The molecule has 0 aliphatic heterocycles. The Balaban J connectivity index is 2.97. The number of rotatable bonds is 5. The highest BCUT2D eigenvalue weighted by Gasteiger charge is 2.33. The monoisotopic (exact) mass is 300 g/mol. The molecule has 1 aromatic heterocycles. The van der Waals surface area contributed by atoms with Crippen LogP contribution in [0.2, 0.25) is 0 Å². The van der Waals surface area contributed by atoms with Crippen LogP contribution in [0.5, 0.6) is 0 Å². The highest BCUT2D eigenvalue weighted by molar-refractivity contribution is 5.54. The first-order valence-electron chi connectivity index (χ1n) is 6.62. The van der Waals surface area contributed by atoms with Crippen LogP contribution >= 0.6 is 0 Å². The maximum Gasteiger partial charge on any atom is 0.433 e. The lowest BCUT2D eigenvalue weighted by Gasteiger charge is -2.23. The van der Waals surface area contributed by atoms with Crippen molar-refractivity contribution in [2.45, 2.75) is 32.5 Å². The molecule has 1 rings (SSSR count). The molecular formula is C14H19F3N4. The van der Waals surface area contributed by atoms with Gasteiger partial charge in [-0.05, 0) is 24.5 Å². The molecule has 0 radical (unpaired) electrons. The van der Waals surface area contributed by atoms with Gasteiger partial charge in [-0.25, -0.2) is 4.98 Å². The van der Waals surface area contributed by atoms with E-state index in [2.05, 4.69) is 4.98 Å². The molecule has 0 aliphatic rings. The quantitative estimate of drug-likeness (QED) is 0.908. The molecule has 7 heteroatoms. The molecule has 0 amide bonds. The van der Waals surface area contributed by atoms with Gasteiger partial charge in [0, 0.05) is 19.6 Å². The lowest BCUT2D eigenvalue weighted by atomic mass is 10.0. The summed E-state index contributed by atoms with van der Waals surface area (Å²) in [7, 11) is 1.61. The minimum absolute atomic E-state index is 0.0308. The summed E-state index contributed by atoms with van der Waals surface area (Å²) in [4.78, 5) is 5.11. The van der Waals surface area contributed by atoms with Crippen LogP contribution in [0.15, 0.2) is 12.1 Å². The van der Waals surface area contributed by atoms with Crippen molar-refractivity contribution in [1.29, 1.82) is 5.26 Å². The molecule has 2 N–H and O–H groups in total. The number of hydrogen-bond acceptors (Lipinski definition) is 4. The number of hydrogen-bond donors (Lipinski definition) is 1. The van der Waals surface area contributed by atoms with E-state index in [1.165, 1.54) is 4.90 Å². The predicted molar refractivity (Wildman–Crippen MR) is 74.7 cm³/mol. The van der Waals surface area contributed by atoms with E-state index in [0.717, 1.165) is 12.1 Å². The smallest absolute Gasteiger partial charge is 0.359 e. The Morgan fingerprint density at radius 1 is 1.38 bits per heavy atom. The van der Waals surface area contributed by atoms with Gasteiger partial charge in [-0.2, -0.15) is 18.4 Å². The number of nitrogens with zero attached hydrogens (tertiary/aromatic N) is 3. The number of anilines is 1. The van der Waals surface area contributed by atoms with Gasteiger partial charge in [0.2, 0.25) is 0 Å². The van der Waals surface area contributed by atoms with E-state index in [9.17, 15) is 13.2 Å². The average molecular weight is 300 g/mol. The van der Waals surface area contributed by atoms with Crippen molar-refractivity contribution in [3.63, 3.8) is 0 Å². The summed E-state index contributed by atoms with van der Waals surface area (Å²) in [6.07, 6.45) is -3.92. The number of nitriles is 1. The number of nitrogens with two attached hydrogens (primary N) is 1. The Labute approximate surface area is 122 Å². The van der Waals surface area contributed by atoms with E-state index in [1.807, 2.05) is 19.9 Å². The van der Waals surface area contributed by atoms with Gasteiger partial charge >= 0.3 is 6.18 Å². The molecule has 1 aromatic rings. The van der Waals surface area contributed by atoms with E-state index in [1.54, 1.807) is 7.05 Å². The van der Waals surface area contributed by atoms with Gasteiger partial charge in [-0.3, -0.25) is 0 Å². The van der Waals surface area contributed by atoms with Crippen LogP contribution in [-0.2, 0) is 6.18 Å². The second-order valence-electron chi connectivity index (χ2n) is 5.30. The van der Waals surface area contributed by atoms with Crippen molar-refractivity contribution >= 4 is 5.82 Å². The fourth-order valence-electron chi connectivity index (χ4n) is 1.77. The van der Waals surface area contributed by atoms with E-state index >= 15 is 0 Å². The summed E-state index contributed by atoms with van der Waals surface area (Å²) in [6, 6.07) is 3.77. The summed E-state index contributed by atoms with van der Waals surface area (Å²) < 4.78 is 38.1. The lowest BCUT2D eigenvalue weighted by Crippen LogP contribution is -2.32. The maximum atomic E-state index is 12.7. The SMILES string of the molecule is CC(C)C(N)CCN(C)c1nc(C(F)(F)F)ccc1C#N. The molecule has 0 spiro atoms. The molecule has 0 saturated heterocycles. The van der Waals surface area contributed by atoms with Gasteiger partial charge in [-0.15, -0.1) is 0 Å². The summed E-state index contributed by atoms with van der Waals surface area (Å²) in [5.74, 6) is 0.312. The average Bonchev–Trinajstić information content (AvgIpc) is 2.42. The molecule has 4 nitrogen and oxygen atoms in total. The third-order valence-electron chi connectivity index (χ3n) is 3.30. The number of aromatic nitrogens is 1. The standard InChI is InChI=1S/C14H19F3N4/c1-9(2)11(19)6-7-21(3)13-10(8-18)4-5-12(20-13)14(15,16)17/h4-5,9,11H,6-7,19H2,1-3H3. The van der Waals surface area contributed by atoms with Crippen molar-refractivity contribution in [3.05, 3.63) is 23.4 Å². The summed E-state index contributed by atoms with van der Waals surface area (Å²) in [6.45, 7) is 4.39. The lowest BCUT2D eigenvalue weighted by molar-refractivity contribution is -0.141. The first-order chi connectivity index (χ1) is 9.66. The van der Waals surface area contributed by atoms with Crippen molar-refractivity contribution in [3.8, 4) is 6.07 Å². The Morgan fingerprint density at radius 3 is 2.48 bits per heavy atom. The van der Waals surface area contributed by atoms with E-state index < -0.39 is 11.9 Å². The highest BCUT2D eigenvalue weighted by Crippen LogP contribution is 2.30. The third kappa shape index (κ3) is 4.60. The summed E-state index contributed by atoms with van der Waals surface area (Å²) >= 11 is 0. The van der Waals surface area contributed by atoms with Crippen molar-refractivity contribution in [2.24, 2.45) is 11.7 Å². The molecule has 21 heavy (non-hydrogen) atoms. The Kier molecular flexibility index (Phi) is 5.55. The number of halogens is 3. The first-order valence-corrected chi connectivity index (χ1v) is 6.62. The van der Waals surface area contributed by atoms with E-state index in [-0.39, 0.29) is 23.3 Å². The molecule has 1 unspecified atom stereocenters. The second-order valence-corrected chi connectivity index (χ2v) is 5.30. The Bertz CT molecular complexity index is 520. The van der Waals surface area contributed by atoms with Crippen molar-refractivity contribution < 1.29 is 13.2 Å². The molecule has 0 aliphatic carbocycles. The van der Waals surface area contributed by atoms with E-state index in [0.29, 0.717) is 13.0 Å². The van der Waals surface area contributed by atoms with Gasteiger partial charge in [0.25, 0.3) is 0 Å². The van der Waals surface area contributed by atoms with Crippen molar-refractivity contribution in [1.82, 2.24) is 4.98 Å². The van der Waals surface area contributed by atoms with Crippen LogP contribution in [0, 0.1) is 17.2 Å². The molecule has 0 fully saturated rings. The van der Waals surface area contributed by atoms with Crippen LogP contribution < -0.4 is 10.6 Å². The summed E-state index contributed by atoms with van der Waals surface area (Å²) in [5, 5.41) is 9.00. The minimum atomic E-state index is -4.53. The largest absolute Gasteiger partial charge is 0.433 e. The van der Waals surface area contributed by atoms with Crippen LogP contribution in [0.3, 0.4) is 0 Å². The number of pyridine rings is 1. The van der Waals surface area contributed by atoms with Gasteiger partial charge in [0.1, 0.15) is 17.6 Å². The molecule has 0 bridgehead atoms. The van der Waals surface area contributed by atoms with Gasteiger partial charge in [0.15, 0.2) is 0 Å². The zero-order chi connectivity index (χ0) is 16.2. The van der Waals surface area contributed by atoms with Gasteiger partial charge in [0.05, 0.1) is 5.56 Å². The fourth-order valence-corrected chi connectivity index (χ4v) is 1.77. The highest BCUT2D eigenvalue weighted by atomic mass is 19.4. The zero-order valence-electron chi connectivity index (χ0n) is 12.3. The molecule has 0 aromatic carbocycles. The molecule has 0 saturated carbocycles. The topological polar surface area (TPSA) is 65.9 Å². The fraction of sp³-hybridized carbons (Fsp3) is 0.571. The van der Waals surface area contributed by atoms with Gasteiger partial charge in [-0.1, -0.05) is 13.8 Å². The number of alkyl halides is 3. The molecule has 1 heterocycles. The molecule has 116 valence electrons. The Hall–Kier alpha value is -1.81. The van der Waals surface area contributed by atoms with Crippen molar-refractivity contribution in [2.75, 3.05) is 18.5 Å². The van der Waals surface area contributed by atoms with Crippen LogP contribution in [0.4, 0.5) is 19.0 Å². The first kappa shape index (κ1) is 17.2. The normalized spacial score (nSPS) is 13.1. The van der Waals surface area contributed by atoms with Crippen LogP contribution in [-0.4, -0.2) is 24.6 Å². The minimum Gasteiger partial charge on any atom is -0.359 e. The van der Waals surface area contributed by atoms with E-state index in [4.69, 9.17) is 11.0 Å². The Morgan fingerprint density at radius 2 is 2.00 bits per heavy atom.